The van der Waals surface area contributed by atoms with E-state index in [0.29, 0.717) is 12.0 Å². The fourth-order valence-corrected chi connectivity index (χ4v) is 2.67. The summed E-state index contributed by atoms with van der Waals surface area (Å²) in [5.41, 5.74) is 1.29. The van der Waals surface area contributed by atoms with Crippen LogP contribution in [0.2, 0.25) is 0 Å². The predicted octanol–water partition coefficient (Wildman–Crippen LogP) is 2.44. The van der Waals surface area contributed by atoms with Crippen molar-refractivity contribution in [3.05, 3.63) is 23.9 Å². The molecule has 4 heteroatoms. The molecular formula is C16H27N3O. The number of likely N-dealkylation sites (N-methyl/N-ethyl adjacent to an activating group) is 1. The van der Waals surface area contributed by atoms with Crippen LogP contribution in [0, 0.1) is 5.92 Å². The van der Waals surface area contributed by atoms with Crippen LogP contribution in [0.3, 0.4) is 0 Å². The third kappa shape index (κ3) is 3.93. The van der Waals surface area contributed by atoms with Crippen molar-refractivity contribution in [2.75, 3.05) is 25.1 Å². The van der Waals surface area contributed by atoms with Crippen molar-refractivity contribution in [3.8, 4) is 0 Å². The highest BCUT2D eigenvalue weighted by Crippen LogP contribution is 2.23. The minimum absolute atomic E-state index is 0.282. The van der Waals surface area contributed by atoms with Crippen LogP contribution in [-0.4, -0.2) is 37.3 Å². The van der Waals surface area contributed by atoms with Crippen LogP contribution in [-0.2, 0) is 11.3 Å². The first-order valence-corrected chi connectivity index (χ1v) is 7.58. The molecule has 2 atom stereocenters. The Kier molecular flexibility index (Phi) is 5.38. The molecule has 1 aliphatic rings. The molecule has 20 heavy (non-hydrogen) atoms. The van der Waals surface area contributed by atoms with E-state index in [2.05, 4.69) is 55.2 Å². The zero-order valence-electron chi connectivity index (χ0n) is 13.1. The van der Waals surface area contributed by atoms with E-state index in [0.717, 1.165) is 31.9 Å². The van der Waals surface area contributed by atoms with Crippen LogP contribution in [0.1, 0.15) is 32.8 Å². The first-order valence-electron chi connectivity index (χ1n) is 7.58. The van der Waals surface area contributed by atoms with Gasteiger partial charge in [0, 0.05) is 26.4 Å². The second kappa shape index (κ2) is 7.04. The number of nitrogens with one attached hydrogen (secondary N) is 1. The largest absolute Gasteiger partial charge is 0.376 e. The summed E-state index contributed by atoms with van der Waals surface area (Å²) in [5.74, 6) is 1.71. The lowest BCUT2D eigenvalue weighted by molar-refractivity contribution is 0.118. The SMILES string of the molecule is CC(C)CNCc1ccnc(N(C)C2CCOC2C)c1. The number of rotatable bonds is 6. The standard InChI is InChI=1S/C16H27N3O/c1-12(2)10-17-11-14-5-7-18-16(9-14)19(4)15-6-8-20-13(15)3/h5,7,9,12-13,15,17H,6,8,10-11H2,1-4H3. The van der Waals surface area contributed by atoms with E-state index in [9.17, 15) is 0 Å². The summed E-state index contributed by atoms with van der Waals surface area (Å²) < 4.78 is 5.65. The average molecular weight is 277 g/mol. The highest BCUT2D eigenvalue weighted by Gasteiger charge is 2.28. The maximum atomic E-state index is 5.65. The lowest BCUT2D eigenvalue weighted by Crippen LogP contribution is -2.37. The fourth-order valence-electron chi connectivity index (χ4n) is 2.67. The van der Waals surface area contributed by atoms with Gasteiger partial charge in [-0.1, -0.05) is 13.8 Å². The van der Waals surface area contributed by atoms with Gasteiger partial charge in [-0.15, -0.1) is 0 Å². The van der Waals surface area contributed by atoms with Crippen molar-refractivity contribution < 1.29 is 4.74 Å². The van der Waals surface area contributed by atoms with Crippen LogP contribution in [0.5, 0.6) is 0 Å². The summed E-state index contributed by atoms with van der Waals surface area (Å²) >= 11 is 0. The third-order valence-electron chi connectivity index (χ3n) is 3.89. The van der Waals surface area contributed by atoms with Gasteiger partial charge in [0.15, 0.2) is 0 Å². The maximum Gasteiger partial charge on any atom is 0.128 e. The van der Waals surface area contributed by atoms with Crippen LogP contribution in [0.4, 0.5) is 5.82 Å². The first-order chi connectivity index (χ1) is 9.58. The quantitative estimate of drug-likeness (QED) is 0.866. The fraction of sp³-hybridized carbons (Fsp3) is 0.688. The van der Waals surface area contributed by atoms with Crippen molar-refractivity contribution in [1.29, 1.82) is 0 Å². The molecule has 1 aromatic heterocycles. The Morgan fingerprint density at radius 1 is 1.50 bits per heavy atom. The van der Waals surface area contributed by atoms with E-state index in [-0.39, 0.29) is 6.10 Å². The van der Waals surface area contributed by atoms with E-state index < -0.39 is 0 Å². The number of nitrogens with zero attached hydrogens (tertiary/aromatic N) is 2. The smallest absolute Gasteiger partial charge is 0.128 e. The van der Waals surface area contributed by atoms with Gasteiger partial charge in [-0.05, 0) is 43.5 Å². The number of anilines is 1. The molecule has 1 N–H and O–H groups in total. The molecule has 0 saturated carbocycles. The van der Waals surface area contributed by atoms with Gasteiger partial charge in [0.1, 0.15) is 5.82 Å². The van der Waals surface area contributed by atoms with Gasteiger partial charge < -0.3 is 15.0 Å². The molecule has 4 nitrogen and oxygen atoms in total. The number of hydrogen-bond acceptors (Lipinski definition) is 4. The Labute approximate surface area is 122 Å². The summed E-state index contributed by atoms with van der Waals surface area (Å²) in [5, 5.41) is 3.47. The molecule has 1 saturated heterocycles. The molecule has 0 radical (unpaired) electrons. The number of hydrogen-bond donors (Lipinski definition) is 1. The van der Waals surface area contributed by atoms with Gasteiger partial charge in [-0.2, -0.15) is 0 Å². The van der Waals surface area contributed by atoms with Crippen LogP contribution in [0.15, 0.2) is 18.3 Å². The maximum absolute atomic E-state index is 5.65. The van der Waals surface area contributed by atoms with Gasteiger partial charge in [0.25, 0.3) is 0 Å². The Morgan fingerprint density at radius 3 is 2.95 bits per heavy atom. The van der Waals surface area contributed by atoms with Crippen molar-refractivity contribution in [2.45, 2.75) is 45.9 Å². The lowest BCUT2D eigenvalue weighted by atomic mass is 10.1. The van der Waals surface area contributed by atoms with E-state index in [1.54, 1.807) is 0 Å². The van der Waals surface area contributed by atoms with E-state index >= 15 is 0 Å². The highest BCUT2D eigenvalue weighted by atomic mass is 16.5. The van der Waals surface area contributed by atoms with Crippen LogP contribution in [0.25, 0.3) is 0 Å². The summed E-state index contributed by atoms with van der Waals surface area (Å²) in [4.78, 5) is 6.76. The van der Waals surface area contributed by atoms with Gasteiger partial charge in [-0.3, -0.25) is 0 Å². The minimum Gasteiger partial charge on any atom is -0.376 e. The molecule has 0 aliphatic carbocycles. The monoisotopic (exact) mass is 277 g/mol. The van der Waals surface area contributed by atoms with E-state index in [1.165, 1.54) is 5.56 Å². The molecule has 2 heterocycles. The predicted molar refractivity (Wildman–Crippen MR) is 83.0 cm³/mol. The minimum atomic E-state index is 0.282. The average Bonchev–Trinajstić information content (AvgIpc) is 2.84. The molecule has 1 aliphatic heterocycles. The second-order valence-corrected chi connectivity index (χ2v) is 6.09. The van der Waals surface area contributed by atoms with Crippen molar-refractivity contribution in [3.63, 3.8) is 0 Å². The Bertz CT molecular complexity index is 422. The van der Waals surface area contributed by atoms with Gasteiger partial charge in [-0.25, -0.2) is 4.98 Å². The molecule has 0 aromatic carbocycles. The van der Waals surface area contributed by atoms with Crippen molar-refractivity contribution in [2.24, 2.45) is 5.92 Å². The first kappa shape index (κ1) is 15.3. The number of pyridine rings is 1. The summed E-state index contributed by atoms with van der Waals surface area (Å²) in [6.07, 6.45) is 3.26. The zero-order chi connectivity index (χ0) is 14.5. The number of aromatic nitrogens is 1. The zero-order valence-corrected chi connectivity index (χ0v) is 13.1. The van der Waals surface area contributed by atoms with Crippen LogP contribution >= 0.6 is 0 Å². The Morgan fingerprint density at radius 2 is 2.30 bits per heavy atom. The lowest BCUT2D eigenvalue weighted by Gasteiger charge is -2.28. The van der Waals surface area contributed by atoms with Gasteiger partial charge >= 0.3 is 0 Å². The molecule has 2 rings (SSSR count). The number of ether oxygens (including phenoxy) is 1. The second-order valence-electron chi connectivity index (χ2n) is 6.09. The summed E-state index contributed by atoms with van der Waals surface area (Å²) in [6, 6.07) is 4.69. The Hall–Kier alpha value is -1.13. The molecule has 112 valence electrons. The summed E-state index contributed by atoms with van der Waals surface area (Å²) in [6.45, 7) is 9.38. The third-order valence-corrected chi connectivity index (χ3v) is 3.89. The molecule has 1 fully saturated rings. The molecule has 0 spiro atoms. The molecule has 2 unspecified atom stereocenters. The molecule has 1 aromatic rings. The Balaban J connectivity index is 1.97. The normalized spacial score (nSPS) is 22.4. The van der Waals surface area contributed by atoms with Gasteiger partial charge in [0.2, 0.25) is 0 Å². The van der Waals surface area contributed by atoms with Crippen molar-refractivity contribution in [1.82, 2.24) is 10.3 Å². The highest BCUT2D eigenvalue weighted by molar-refractivity contribution is 5.41. The molecular weight excluding hydrogens is 250 g/mol. The van der Waals surface area contributed by atoms with E-state index in [4.69, 9.17) is 4.74 Å². The van der Waals surface area contributed by atoms with E-state index in [1.807, 2.05) is 6.20 Å². The molecule has 0 amide bonds. The topological polar surface area (TPSA) is 37.4 Å². The van der Waals surface area contributed by atoms with Crippen molar-refractivity contribution >= 4 is 5.82 Å². The summed E-state index contributed by atoms with van der Waals surface area (Å²) in [7, 11) is 2.11. The van der Waals surface area contributed by atoms with Gasteiger partial charge in [0.05, 0.1) is 12.1 Å². The van der Waals surface area contributed by atoms with Crippen LogP contribution < -0.4 is 10.2 Å². The molecule has 0 bridgehead atoms.